The van der Waals surface area contributed by atoms with Crippen molar-refractivity contribution >= 4 is 17.5 Å². The van der Waals surface area contributed by atoms with Gasteiger partial charge in [-0.05, 0) is 63.5 Å². The Labute approximate surface area is 149 Å². The molecule has 2 aromatic rings. The van der Waals surface area contributed by atoms with Gasteiger partial charge in [-0.15, -0.1) is 10.2 Å². The third kappa shape index (κ3) is 5.99. The van der Waals surface area contributed by atoms with E-state index >= 15 is 0 Å². The van der Waals surface area contributed by atoms with Gasteiger partial charge in [0.1, 0.15) is 5.82 Å². The van der Waals surface area contributed by atoms with E-state index in [1.54, 1.807) is 12.1 Å². The fourth-order valence-electron chi connectivity index (χ4n) is 2.10. The standard InChI is InChI=1S/C17H20F3N5O/c1-25(2)11-3-10-21-14-8-9-15(24-23-14)22-16(26)12-4-6-13(7-5-12)17(18,19)20/h4-9H,3,10-11H2,1-2H3,(H,21,23)(H,22,24,26). The van der Waals surface area contributed by atoms with Crippen LogP contribution in [0.4, 0.5) is 24.8 Å². The molecule has 0 saturated carbocycles. The molecule has 0 aliphatic rings. The molecule has 0 atom stereocenters. The molecule has 0 saturated heterocycles. The van der Waals surface area contributed by atoms with Gasteiger partial charge in [-0.2, -0.15) is 13.2 Å². The zero-order chi connectivity index (χ0) is 19.2. The Hall–Kier alpha value is -2.68. The van der Waals surface area contributed by atoms with Gasteiger partial charge in [-0.3, -0.25) is 4.79 Å². The van der Waals surface area contributed by atoms with Gasteiger partial charge in [-0.25, -0.2) is 0 Å². The summed E-state index contributed by atoms with van der Waals surface area (Å²) in [6.45, 7) is 1.69. The summed E-state index contributed by atoms with van der Waals surface area (Å²) in [7, 11) is 3.99. The fourth-order valence-corrected chi connectivity index (χ4v) is 2.10. The highest BCUT2D eigenvalue weighted by Gasteiger charge is 2.30. The van der Waals surface area contributed by atoms with E-state index in [4.69, 9.17) is 0 Å². The van der Waals surface area contributed by atoms with E-state index in [2.05, 4.69) is 25.7 Å². The molecule has 0 aliphatic carbocycles. The largest absolute Gasteiger partial charge is 0.416 e. The highest BCUT2D eigenvalue weighted by atomic mass is 19.4. The Bertz CT molecular complexity index is 715. The molecule has 0 unspecified atom stereocenters. The third-order valence-corrected chi connectivity index (χ3v) is 3.47. The topological polar surface area (TPSA) is 70.2 Å². The third-order valence-electron chi connectivity index (χ3n) is 3.47. The summed E-state index contributed by atoms with van der Waals surface area (Å²) in [6.07, 6.45) is -3.49. The number of amides is 1. The van der Waals surface area contributed by atoms with E-state index in [-0.39, 0.29) is 11.4 Å². The number of nitrogens with one attached hydrogen (secondary N) is 2. The molecule has 1 aromatic carbocycles. The zero-order valence-electron chi connectivity index (χ0n) is 14.5. The van der Waals surface area contributed by atoms with Crippen molar-refractivity contribution in [2.45, 2.75) is 12.6 Å². The number of anilines is 2. The van der Waals surface area contributed by atoms with Crippen molar-refractivity contribution in [2.24, 2.45) is 0 Å². The number of carbonyl (C=O) groups excluding carboxylic acids is 1. The number of aromatic nitrogens is 2. The van der Waals surface area contributed by atoms with E-state index in [1.165, 1.54) is 0 Å². The number of nitrogens with zero attached hydrogens (tertiary/aromatic N) is 3. The number of rotatable bonds is 7. The van der Waals surface area contributed by atoms with Gasteiger partial charge in [-0.1, -0.05) is 0 Å². The summed E-state index contributed by atoms with van der Waals surface area (Å²) >= 11 is 0. The van der Waals surface area contributed by atoms with E-state index in [9.17, 15) is 18.0 Å². The second kappa shape index (κ2) is 8.61. The van der Waals surface area contributed by atoms with Crippen molar-refractivity contribution in [3.05, 3.63) is 47.5 Å². The minimum absolute atomic E-state index is 0.102. The molecule has 0 aliphatic heterocycles. The molecule has 0 radical (unpaired) electrons. The molecule has 2 N–H and O–H groups in total. The molecule has 1 amide bonds. The van der Waals surface area contributed by atoms with E-state index in [0.29, 0.717) is 5.82 Å². The maximum absolute atomic E-state index is 12.5. The molecule has 9 heteroatoms. The van der Waals surface area contributed by atoms with Gasteiger partial charge in [0.15, 0.2) is 5.82 Å². The minimum Gasteiger partial charge on any atom is -0.369 e. The normalized spacial score (nSPS) is 11.5. The van der Waals surface area contributed by atoms with Crippen LogP contribution in [0.2, 0.25) is 0 Å². The molecule has 0 bridgehead atoms. The van der Waals surface area contributed by atoms with Crippen LogP contribution in [0.3, 0.4) is 0 Å². The Morgan fingerprint density at radius 2 is 1.65 bits per heavy atom. The molecule has 6 nitrogen and oxygen atoms in total. The average Bonchev–Trinajstić information content (AvgIpc) is 2.59. The first-order valence-electron chi connectivity index (χ1n) is 7.96. The number of halogens is 3. The van der Waals surface area contributed by atoms with Crippen LogP contribution in [0, 0.1) is 0 Å². The Balaban J connectivity index is 1.89. The first kappa shape index (κ1) is 19.6. The van der Waals surface area contributed by atoms with Crippen LogP contribution in [0.15, 0.2) is 36.4 Å². The Morgan fingerprint density at radius 3 is 2.19 bits per heavy atom. The molecule has 0 fully saturated rings. The second-order valence-electron chi connectivity index (χ2n) is 5.92. The zero-order valence-corrected chi connectivity index (χ0v) is 14.5. The molecular formula is C17H20F3N5O. The molecule has 140 valence electrons. The lowest BCUT2D eigenvalue weighted by Gasteiger charge is -2.10. The number of carbonyl (C=O) groups is 1. The smallest absolute Gasteiger partial charge is 0.369 e. The van der Waals surface area contributed by atoms with Crippen LogP contribution in [-0.2, 0) is 6.18 Å². The van der Waals surface area contributed by atoms with Crippen LogP contribution >= 0.6 is 0 Å². The van der Waals surface area contributed by atoms with Gasteiger partial charge in [0.05, 0.1) is 5.56 Å². The highest BCUT2D eigenvalue weighted by molar-refractivity contribution is 6.03. The summed E-state index contributed by atoms with van der Waals surface area (Å²) in [5.74, 6) is 0.241. The lowest BCUT2D eigenvalue weighted by atomic mass is 10.1. The van der Waals surface area contributed by atoms with E-state index in [1.807, 2.05) is 14.1 Å². The maximum Gasteiger partial charge on any atom is 0.416 e. The SMILES string of the molecule is CN(C)CCCNc1ccc(NC(=O)c2ccc(C(F)(F)F)cc2)nn1. The predicted octanol–water partition coefficient (Wildman–Crippen LogP) is 3.11. The van der Waals surface area contributed by atoms with Crippen molar-refractivity contribution in [1.29, 1.82) is 0 Å². The van der Waals surface area contributed by atoms with Gasteiger partial charge < -0.3 is 15.5 Å². The number of hydrogen-bond acceptors (Lipinski definition) is 5. The van der Waals surface area contributed by atoms with Crippen molar-refractivity contribution < 1.29 is 18.0 Å². The van der Waals surface area contributed by atoms with E-state index < -0.39 is 17.6 Å². The molecule has 26 heavy (non-hydrogen) atoms. The first-order chi connectivity index (χ1) is 12.3. The van der Waals surface area contributed by atoms with Gasteiger partial charge >= 0.3 is 6.18 Å². The summed E-state index contributed by atoms with van der Waals surface area (Å²) < 4.78 is 37.6. The summed E-state index contributed by atoms with van der Waals surface area (Å²) in [6, 6.07) is 7.20. The quantitative estimate of drug-likeness (QED) is 0.736. The van der Waals surface area contributed by atoms with Crippen molar-refractivity contribution in [1.82, 2.24) is 15.1 Å². The molecule has 1 heterocycles. The number of benzene rings is 1. The van der Waals surface area contributed by atoms with Crippen LogP contribution in [0.25, 0.3) is 0 Å². The Morgan fingerprint density at radius 1 is 1.04 bits per heavy atom. The van der Waals surface area contributed by atoms with Crippen molar-refractivity contribution in [3.8, 4) is 0 Å². The van der Waals surface area contributed by atoms with Crippen LogP contribution in [-0.4, -0.2) is 48.2 Å². The molecular weight excluding hydrogens is 347 g/mol. The molecule has 1 aromatic heterocycles. The van der Waals surface area contributed by atoms with E-state index in [0.717, 1.165) is 43.8 Å². The van der Waals surface area contributed by atoms with Gasteiger partial charge in [0, 0.05) is 12.1 Å². The minimum atomic E-state index is -4.43. The Kier molecular flexibility index (Phi) is 6.51. The number of alkyl halides is 3. The summed E-state index contributed by atoms with van der Waals surface area (Å²) in [5, 5.41) is 13.4. The predicted molar refractivity (Wildman–Crippen MR) is 93.1 cm³/mol. The van der Waals surface area contributed by atoms with Crippen LogP contribution in [0.5, 0.6) is 0 Å². The van der Waals surface area contributed by atoms with Crippen LogP contribution in [0.1, 0.15) is 22.3 Å². The molecule has 2 rings (SSSR count). The summed E-state index contributed by atoms with van der Waals surface area (Å²) in [5.41, 5.74) is -0.704. The highest BCUT2D eigenvalue weighted by Crippen LogP contribution is 2.29. The van der Waals surface area contributed by atoms with Gasteiger partial charge in [0.25, 0.3) is 5.91 Å². The summed E-state index contributed by atoms with van der Waals surface area (Å²) in [4.78, 5) is 14.1. The fraction of sp³-hybridized carbons (Fsp3) is 0.353. The average molecular weight is 367 g/mol. The molecule has 0 spiro atoms. The monoisotopic (exact) mass is 367 g/mol. The van der Waals surface area contributed by atoms with Crippen molar-refractivity contribution in [2.75, 3.05) is 37.8 Å². The first-order valence-corrected chi connectivity index (χ1v) is 7.96. The number of hydrogen-bond donors (Lipinski definition) is 2. The van der Waals surface area contributed by atoms with Crippen LogP contribution < -0.4 is 10.6 Å². The maximum atomic E-state index is 12.5. The lowest BCUT2D eigenvalue weighted by Crippen LogP contribution is -2.17. The second-order valence-corrected chi connectivity index (χ2v) is 5.92. The van der Waals surface area contributed by atoms with Gasteiger partial charge in [0.2, 0.25) is 0 Å². The lowest BCUT2D eigenvalue weighted by molar-refractivity contribution is -0.137. The van der Waals surface area contributed by atoms with Crippen molar-refractivity contribution in [3.63, 3.8) is 0 Å².